The SMILES string of the molecule is COC1CCN(c2cc(I)cc(C(F)(F)F)n2)CC1. The third kappa shape index (κ3) is 3.71. The second kappa shape index (κ2) is 5.82. The Hall–Kier alpha value is -0.570. The zero-order valence-electron chi connectivity index (χ0n) is 10.4. The van der Waals surface area contributed by atoms with Gasteiger partial charge in [-0.3, -0.25) is 0 Å². The van der Waals surface area contributed by atoms with Crippen molar-refractivity contribution in [2.45, 2.75) is 25.1 Å². The Labute approximate surface area is 123 Å². The number of alkyl halides is 3. The lowest BCUT2D eigenvalue weighted by Gasteiger charge is -2.32. The fourth-order valence-electron chi connectivity index (χ4n) is 2.11. The van der Waals surface area contributed by atoms with Gasteiger partial charge in [0.15, 0.2) is 0 Å². The highest BCUT2D eigenvalue weighted by Gasteiger charge is 2.33. The van der Waals surface area contributed by atoms with Gasteiger partial charge in [-0.05, 0) is 47.6 Å². The molecule has 0 amide bonds. The van der Waals surface area contributed by atoms with Crippen LogP contribution in [0.2, 0.25) is 0 Å². The molecule has 0 saturated carbocycles. The van der Waals surface area contributed by atoms with Crippen LogP contribution in [0.1, 0.15) is 18.5 Å². The quantitative estimate of drug-likeness (QED) is 0.730. The number of rotatable bonds is 2. The maximum Gasteiger partial charge on any atom is 0.433 e. The number of pyridine rings is 1. The van der Waals surface area contributed by atoms with E-state index in [9.17, 15) is 13.2 Å². The van der Waals surface area contributed by atoms with Crippen LogP contribution < -0.4 is 4.90 Å². The predicted molar refractivity (Wildman–Crippen MR) is 74.2 cm³/mol. The first-order valence-electron chi connectivity index (χ1n) is 5.92. The van der Waals surface area contributed by atoms with Crippen LogP contribution in [0.15, 0.2) is 12.1 Å². The molecule has 3 nitrogen and oxygen atoms in total. The molecule has 1 aromatic heterocycles. The number of nitrogens with zero attached hydrogens (tertiary/aromatic N) is 2. The van der Waals surface area contributed by atoms with Crippen LogP contribution in [-0.4, -0.2) is 31.3 Å². The Morgan fingerprint density at radius 3 is 2.47 bits per heavy atom. The largest absolute Gasteiger partial charge is 0.433 e. The summed E-state index contributed by atoms with van der Waals surface area (Å²) in [5.74, 6) is 0.397. The molecule has 0 aromatic carbocycles. The van der Waals surface area contributed by atoms with Crippen LogP contribution in [-0.2, 0) is 10.9 Å². The van der Waals surface area contributed by atoms with Gasteiger partial charge in [0.1, 0.15) is 11.5 Å². The normalized spacial score (nSPS) is 17.8. The number of ether oxygens (including phenoxy) is 1. The van der Waals surface area contributed by atoms with E-state index in [1.165, 1.54) is 0 Å². The Balaban J connectivity index is 2.19. The lowest BCUT2D eigenvalue weighted by molar-refractivity contribution is -0.141. The molecule has 0 atom stereocenters. The first-order valence-corrected chi connectivity index (χ1v) is 7.00. The third-order valence-electron chi connectivity index (χ3n) is 3.17. The van der Waals surface area contributed by atoms with Crippen molar-refractivity contribution in [3.05, 3.63) is 21.4 Å². The molecule has 0 bridgehead atoms. The summed E-state index contributed by atoms with van der Waals surface area (Å²) in [6, 6.07) is 2.74. The molecular weight excluding hydrogens is 372 g/mol. The fraction of sp³-hybridized carbons (Fsp3) is 0.583. The molecule has 0 radical (unpaired) electrons. The van der Waals surface area contributed by atoms with Crippen molar-refractivity contribution >= 4 is 28.4 Å². The van der Waals surface area contributed by atoms with E-state index < -0.39 is 11.9 Å². The molecule has 1 aliphatic rings. The van der Waals surface area contributed by atoms with E-state index in [2.05, 4.69) is 4.98 Å². The number of halogens is 4. The van der Waals surface area contributed by atoms with E-state index in [-0.39, 0.29) is 6.10 Å². The highest BCUT2D eigenvalue weighted by atomic mass is 127. The zero-order valence-corrected chi connectivity index (χ0v) is 12.5. The number of hydrogen-bond acceptors (Lipinski definition) is 3. The first kappa shape index (κ1) is 14.8. The summed E-state index contributed by atoms with van der Waals surface area (Å²) in [5, 5.41) is 0. The summed E-state index contributed by atoms with van der Waals surface area (Å²) in [4.78, 5) is 5.62. The molecule has 1 fully saturated rings. The summed E-state index contributed by atoms with van der Waals surface area (Å²) in [5.41, 5.74) is -0.830. The van der Waals surface area contributed by atoms with E-state index in [1.54, 1.807) is 13.2 Å². The van der Waals surface area contributed by atoms with Crippen LogP contribution in [0.25, 0.3) is 0 Å². The molecular formula is C12H14F3IN2O. The van der Waals surface area contributed by atoms with Crippen LogP contribution in [0.3, 0.4) is 0 Å². The standard InChI is InChI=1S/C12H14F3IN2O/c1-19-9-2-4-18(5-3-9)11-7-8(16)6-10(17-11)12(13,14)15/h6-7,9H,2-5H2,1H3. The van der Waals surface area contributed by atoms with Gasteiger partial charge in [-0.15, -0.1) is 0 Å². The van der Waals surface area contributed by atoms with Crippen molar-refractivity contribution in [1.29, 1.82) is 0 Å². The maximum atomic E-state index is 12.7. The Bertz CT molecular complexity index is 445. The Morgan fingerprint density at radius 2 is 1.95 bits per heavy atom. The smallest absolute Gasteiger partial charge is 0.381 e. The minimum absolute atomic E-state index is 0.195. The summed E-state index contributed by atoms with van der Waals surface area (Å²) in [6.07, 6.45) is -2.59. The molecule has 106 valence electrons. The number of methoxy groups -OCH3 is 1. The van der Waals surface area contributed by atoms with E-state index in [0.29, 0.717) is 22.5 Å². The number of piperidine rings is 1. The highest BCUT2D eigenvalue weighted by molar-refractivity contribution is 14.1. The van der Waals surface area contributed by atoms with Gasteiger partial charge in [0.05, 0.1) is 6.10 Å². The average Bonchev–Trinajstić information content (AvgIpc) is 2.37. The van der Waals surface area contributed by atoms with Gasteiger partial charge in [-0.1, -0.05) is 0 Å². The molecule has 0 N–H and O–H groups in total. The summed E-state index contributed by atoms with van der Waals surface area (Å²) < 4.78 is 44.0. The van der Waals surface area contributed by atoms with Crippen molar-refractivity contribution in [2.75, 3.05) is 25.1 Å². The van der Waals surface area contributed by atoms with Gasteiger partial charge < -0.3 is 9.64 Å². The van der Waals surface area contributed by atoms with Crippen molar-refractivity contribution in [3.63, 3.8) is 0 Å². The minimum atomic E-state index is -4.40. The molecule has 1 saturated heterocycles. The molecule has 7 heteroatoms. The van der Waals surface area contributed by atoms with Crippen LogP contribution in [0.4, 0.5) is 19.0 Å². The monoisotopic (exact) mass is 386 g/mol. The first-order chi connectivity index (χ1) is 8.90. The predicted octanol–water partition coefficient (Wildman–Crippen LogP) is 3.32. The highest BCUT2D eigenvalue weighted by Crippen LogP contribution is 2.31. The molecule has 1 aliphatic heterocycles. The number of aromatic nitrogens is 1. The lowest BCUT2D eigenvalue weighted by atomic mass is 10.1. The molecule has 0 aliphatic carbocycles. The van der Waals surface area contributed by atoms with Crippen LogP contribution in [0.5, 0.6) is 0 Å². The van der Waals surface area contributed by atoms with Gasteiger partial charge in [0.2, 0.25) is 0 Å². The fourth-order valence-corrected chi connectivity index (χ4v) is 2.68. The molecule has 2 rings (SSSR count). The van der Waals surface area contributed by atoms with Gasteiger partial charge in [-0.25, -0.2) is 4.98 Å². The second-order valence-corrected chi connectivity index (χ2v) is 5.69. The summed E-state index contributed by atoms with van der Waals surface area (Å²) >= 11 is 1.89. The molecule has 2 heterocycles. The summed E-state index contributed by atoms with van der Waals surface area (Å²) in [6.45, 7) is 1.34. The van der Waals surface area contributed by atoms with E-state index in [4.69, 9.17) is 4.74 Å². The van der Waals surface area contributed by atoms with Gasteiger partial charge in [0, 0.05) is 23.8 Å². The zero-order chi connectivity index (χ0) is 14.0. The van der Waals surface area contributed by atoms with Gasteiger partial charge in [-0.2, -0.15) is 13.2 Å². The van der Waals surface area contributed by atoms with Gasteiger partial charge >= 0.3 is 6.18 Å². The van der Waals surface area contributed by atoms with Crippen molar-refractivity contribution < 1.29 is 17.9 Å². The number of hydrogen-bond donors (Lipinski definition) is 0. The van der Waals surface area contributed by atoms with E-state index in [1.807, 2.05) is 27.5 Å². The molecule has 19 heavy (non-hydrogen) atoms. The lowest BCUT2D eigenvalue weighted by Crippen LogP contribution is -2.37. The summed E-state index contributed by atoms with van der Waals surface area (Å²) in [7, 11) is 1.66. The number of anilines is 1. The van der Waals surface area contributed by atoms with Crippen LogP contribution in [0, 0.1) is 3.57 Å². The maximum absolute atomic E-state index is 12.7. The Kier molecular flexibility index (Phi) is 4.54. The third-order valence-corrected chi connectivity index (χ3v) is 3.79. The second-order valence-electron chi connectivity index (χ2n) is 4.45. The minimum Gasteiger partial charge on any atom is -0.381 e. The van der Waals surface area contributed by atoms with E-state index in [0.717, 1.165) is 18.9 Å². The molecule has 1 aromatic rings. The van der Waals surface area contributed by atoms with Crippen LogP contribution >= 0.6 is 22.6 Å². The topological polar surface area (TPSA) is 25.4 Å². The van der Waals surface area contributed by atoms with Crippen molar-refractivity contribution in [1.82, 2.24) is 4.98 Å². The molecule has 0 unspecified atom stereocenters. The van der Waals surface area contributed by atoms with Crippen molar-refractivity contribution in [2.24, 2.45) is 0 Å². The average molecular weight is 386 g/mol. The Morgan fingerprint density at radius 1 is 1.32 bits per heavy atom. The van der Waals surface area contributed by atoms with E-state index >= 15 is 0 Å². The van der Waals surface area contributed by atoms with Gasteiger partial charge in [0.25, 0.3) is 0 Å². The van der Waals surface area contributed by atoms with Crippen molar-refractivity contribution in [3.8, 4) is 0 Å². The molecule has 0 spiro atoms.